The molecule has 106 valence electrons. The number of hydrogen-bond donors (Lipinski definition) is 2. The first-order valence-electron chi connectivity index (χ1n) is 5.58. The van der Waals surface area contributed by atoms with Crippen molar-refractivity contribution in [3.63, 3.8) is 0 Å². The van der Waals surface area contributed by atoms with Gasteiger partial charge in [0.05, 0.1) is 13.7 Å². The minimum atomic E-state index is -4.39. The van der Waals surface area contributed by atoms with E-state index >= 15 is 0 Å². The lowest BCUT2D eigenvalue weighted by Crippen LogP contribution is -2.39. The zero-order chi connectivity index (χ0) is 14.3. The molecule has 2 N–H and O–H groups in total. The van der Waals surface area contributed by atoms with Crippen LogP contribution in [0.15, 0.2) is 24.3 Å². The third-order valence-corrected chi connectivity index (χ3v) is 2.28. The average Bonchev–Trinajstić information content (AvgIpc) is 2.36. The molecule has 0 aliphatic carbocycles. The first-order chi connectivity index (χ1) is 8.92. The van der Waals surface area contributed by atoms with E-state index in [9.17, 15) is 18.0 Å². The zero-order valence-electron chi connectivity index (χ0n) is 10.4. The van der Waals surface area contributed by atoms with E-state index in [0.29, 0.717) is 12.3 Å². The molecule has 0 heterocycles. The number of benzene rings is 1. The van der Waals surface area contributed by atoms with Crippen molar-refractivity contribution in [2.24, 2.45) is 0 Å². The fourth-order valence-electron chi connectivity index (χ4n) is 1.42. The Labute approximate surface area is 108 Å². The van der Waals surface area contributed by atoms with E-state index in [1.807, 2.05) is 6.07 Å². The Balaban J connectivity index is 2.32. The van der Waals surface area contributed by atoms with E-state index < -0.39 is 18.6 Å². The number of nitrogens with one attached hydrogen (secondary N) is 2. The van der Waals surface area contributed by atoms with Crippen LogP contribution >= 0.6 is 0 Å². The smallest absolute Gasteiger partial charge is 0.405 e. The quantitative estimate of drug-likeness (QED) is 0.827. The number of ether oxygens (including phenoxy) is 1. The highest BCUT2D eigenvalue weighted by atomic mass is 19.4. The van der Waals surface area contributed by atoms with Crippen LogP contribution in [-0.4, -0.2) is 32.3 Å². The summed E-state index contributed by atoms with van der Waals surface area (Å²) in [5, 5.41) is 4.53. The number of halogens is 3. The number of rotatable bonds is 6. The molecular formula is C12H15F3N2O2. The first kappa shape index (κ1) is 15.3. The van der Waals surface area contributed by atoms with Gasteiger partial charge in [-0.3, -0.25) is 4.79 Å². The van der Waals surface area contributed by atoms with Gasteiger partial charge in [-0.25, -0.2) is 0 Å². The molecule has 19 heavy (non-hydrogen) atoms. The molecule has 0 bridgehead atoms. The number of carbonyl (C=O) groups excluding carboxylic acids is 1. The molecule has 0 atom stereocenters. The minimum absolute atomic E-state index is 0.186. The Morgan fingerprint density at radius 1 is 1.32 bits per heavy atom. The fraction of sp³-hybridized carbons (Fsp3) is 0.417. The second-order valence-corrected chi connectivity index (χ2v) is 3.81. The Morgan fingerprint density at radius 3 is 2.63 bits per heavy atom. The van der Waals surface area contributed by atoms with E-state index in [4.69, 9.17) is 4.74 Å². The van der Waals surface area contributed by atoms with Crippen molar-refractivity contribution in [1.82, 2.24) is 10.6 Å². The van der Waals surface area contributed by atoms with Crippen molar-refractivity contribution >= 4 is 5.91 Å². The van der Waals surface area contributed by atoms with Crippen LogP contribution in [-0.2, 0) is 11.3 Å². The molecule has 0 aliphatic rings. The summed E-state index contributed by atoms with van der Waals surface area (Å²) in [4.78, 5) is 11.1. The fourth-order valence-corrected chi connectivity index (χ4v) is 1.42. The summed E-state index contributed by atoms with van der Waals surface area (Å²) in [6.45, 7) is -1.17. The first-order valence-corrected chi connectivity index (χ1v) is 5.58. The lowest BCUT2D eigenvalue weighted by Gasteiger charge is -2.10. The van der Waals surface area contributed by atoms with E-state index in [1.165, 1.54) is 7.11 Å². The van der Waals surface area contributed by atoms with Crippen molar-refractivity contribution in [3.05, 3.63) is 29.8 Å². The van der Waals surface area contributed by atoms with E-state index in [1.54, 1.807) is 23.5 Å². The molecule has 0 unspecified atom stereocenters. The highest BCUT2D eigenvalue weighted by Gasteiger charge is 2.27. The Morgan fingerprint density at radius 2 is 2.00 bits per heavy atom. The van der Waals surface area contributed by atoms with Crippen molar-refractivity contribution in [1.29, 1.82) is 0 Å². The summed E-state index contributed by atoms with van der Waals surface area (Å²) in [7, 11) is 1.52. The number of carbonyl (C=O) groups is 1. The van der Waals surface area contributed by atoms with Gasteiger partial charge in [0, 0.05) is 12.1 Å². The summed E-state index contributed by atoms with van der Waals surface area (Å²) in [5.74, 6) is -0.0436. The molecule has 0 radical (unpaired) electrons. The lowest BCUT2D eigenvalue weighted by molar-refractivity contribution is -0.137. The summed E-state index contributed by atoms with van der Waals surface area (Å²) in [6, 6.07) is 7.18. The summed E-state index contributed by atoms with van der Waals surface area (Å²) in [5.41, 5.74) is 0.827. The van der Waals surface area contributed by atoms with Gasteiger partial charge in [0.2, 0.25) is 5.91 Å². The largest absolute Gasteiger partial charge is 0.496 e. The Kier molecular flexibility index (Phi) is 5.62. The van der Waals surface area contributed by atoms with Crippen LogP contribution in [0, 0.1) is 0 Å². The number of amides is 1. The second-order valence-electron chi connectivity index (χ2n) is 3.81. The van der Waals surface area contributed by atoms with Gasteiger partial charge in [-0.05, 0) is 6.07 Å². The maximum absolute atomic E-state index is 11.9. The molecule has 0 saturated carbocycles. The predicted octanol–water partition coefficient (Wildman–Crippen LogP) is 1.46. The van der Waals surface area contributed by atoms with Gasteiger partial charge in [0.25, 0.3) is 0 Å². The summed E-state index contributed by atoms with van der Waals surface area (Å²) < 4.78 is 40.7. The van der Waals surface area contributed by atoms with Crippen molar-refractivity contribution in [3.8, 4) is 5.75 Å². The molecule has 1 amide bonds. The molecule has 0 spiro atoms. The monoisotopic (exact) mass is 276 g/mol. The maximum Gasteiger partial charge on any atom is 0.405 e. The van der Waals surface area contributed by atoms with Gasteiger partial charge in [0.15, 0.2) is 0 Å². The van der Waals surface area contributed by atoms with Crippen molar-refractivity contribution in [2.75, 3.05) is 20.2 Å². The number of methoxy groups -OCH3 is 1. The standard InChI is InChI=1S/C12H15F3N2O2/c1-19-10-5-3-2-4-9(10)6-16-7-11(18)17-8-12(13,14)15/h2-5,16H,6-8H2,1H3,(H,17,18). The third-order valence-electron chi connectivity index (χ3n) is 2.28. The SMILES string of the molecule is COc1ccccc1CNCC(=O)NCC(F)(F)F. The van der Waals surface area contributed by atoms with Gasteiger partial charge < -0.3 is 15.4 Å². The average molecular weight is 276 g/mol. The number of hydrogen-bond acceptors (Lipinski definition) is 3. The normalized spacial score (nSPS) is 11.2. The van der Waals surface area contributed by atoms with Crippen molar-refractivity contribution in [2.45, 2.75) is 12.7 Å². The van der Waals surface area contributed by atoms with Gasteiger partial charge in [-0.1, -0.05) is 18.2 Å². The van der Waals surface area contributed by atoms with Crippen LogP contribution in [0.25, 0.3) is 0 Å². The molecule has 7 heteroatoms. The number of para-hydroxylation sites is 1. The molecular weight excluding hydrogens is 261 g/mol. The maximum atomic E-state index is 11.9. The lowest BCUT2D eigenvalue weighted by atomic mass is 10.2. The van der Waals surface area contributed by atoms with E-state index in [-0.39, 0.29) is 6.54 Å². The van der Waals surface area contributed by atoms with Crippen LogP contribution in [0.4, 0.5) is 13.2 Å². The molecule has 4 nitrogen and oxygen atoms in total. The van der Waals surface area contributed by atoms with Crippen LogP contribution in [0.3, 0.4) is 0 Å². The molecule has 0 aliphatic heterocycles. The highest BCUT2D eigenvalue weighted by molar-refractivity contribution is 5.78. The molecule has 1 aromatic rings. The zero-order valence-corrected chi connectivity index (χ0v) is 10.4. The number of alkyl halides is 3. The second kappa shape index (κ2) is 6.98. The molecule has 0 saturated heterocycles. The minimum Gasteiger partial charge on any atom is -0.496 e. The summed E-state index contributed by atoms with van der Waals surface area (Å²) >= 11 is 0. The van der Waals surface area contributed by atoms with Crippen LogP contribution in [0.2, 0.25) is 0 Å². The topological polar surface area (TPSA) is 50.4 Å². The Hall–Kier alpha value is -1.76. The molecule has 1 aromatic carbocycles. The van der Waals surface area contributed by atoms with Crippen LogP contribution in [0.1, 0.15) is 5.56 Å². The van der Waals surface area contributed by atoms with Gasteiger partial charge in [0.1, 0.15) is 12.3 Å². The van der Waals surface area contributed by atoms with Crippen LogP contribution in [0.5, 0.6) is 5.75 Å². The summed E-state index contributed by atoms with van der Waals surface area (Å²) in [6.07, 6.45) is -4.39. The van der Waals surface area contributed by atoms with Gasteiger partial charge >= 0.3 is 6.18 Å². The Bertz CT molecular complexity index is 422. The van der Waals surface area contributed by atoms with Gasteiger partial charge in [-0.15, -0.1) is 0 Å². The molecule has 0 aromatic heterocycles. The molecule has 0 fully saturated rings. The predicted molar refractivity (Wildman–Crippen MR) is 63.8 cm³/mol. The highest BCUT2D eigenvalue weighted by Crippen LogP contribution is 2.16. The van der Waals surface area contributed by atoms with Gasteiger partial charge in [-0.2, -0.15) is 13.2 Å². The third kappa shape index (κ3) is 6.10. The molecule has 1 rings (SSSR count). The van der Waals surface area contributed by atoms with E-state index in [2.05, 4.69) is 5.32 Å². The van der Waals surface area contributed by atoms with Crippen molar-refractivity contribution < 1.29 is 22.7 Å². The van der Waals surface area contributed by atoms with E-state index in [0.717, 1.165) is 5.56 Å². The van der Waals surface area contributed by atoms with Crippen LogP contribution < -0.4 is 15.4 Å².